The maximum atomic E-state index is 11.8. The van der Waals surface area contributed by atoms with Crippen molar-refractivity contribution < 1.29 is 19.9 Å². The van der Waals surface area contributed by atoms with Crippen molar-refractivity contribution in [2.75, 3.05) is 6.61 Å². The van der Waals surface area contributed by atoms with Gasteiger partial charge in [0.1, 0.15) is 6.10 Å². The Hall–Kier alpha value is -2.46. The van der Waals surface area contributed by atoms with Crippen LogP contribution >= 0.6 is 0 Å². The second kappa shape index (κ2) is 5.89. The van der Waals surface area contributed by atoms with Crippen LogP contribution in [0.5, 0.6) is 0 Å². The molecule has 1 aromatic heterocycles. The Kier molecular flexibility index (Phi) is 4.19. The van der Waals surface area contributed by atoms with Crippen LogP contribution in [0.3, 0.4) is 0 Å². The Morgan fingerprint density at radius 1 is 1.57 bits per heavy atom. The number of nitro groups is 1. The fourth-order valence-corrected chi connectivity index (χ4v) is 2.11. The molecule has 2 N–H and O–H groups in total. The largest absolute Gasteiger partial charge is 0.394 e. The van der Waals surface area contributed by atoms with Crippen LogP contribution < -0.4 is 5.56 Å². The van der Waals surface area contributed by atoms with E-state index < -0.39 is 41.6 Å². The number of pyridine rings is 1. The summed E-state index contributed by atoms with van der Waals surface area (Å²) in [5.41, 5.74) is 7.44. The first-order valence-electron chi connectivity index (χ1n) is 5.84. The lowest BCUT2D eigenvalue weighted by molar-refractivity contribution is -0.385. The molecule has 21 heavy (non-hydrogen) atoms. The van der Waals surface area contributed by atoms with Crippen molar-refractivity contribution in [3.05, 3.63) is 49.2 Å². The van der Waals surface area contributed by atoms with Crippen LogP contribution in [0.2, 0.25) is 0 Å². The Balaban J connectivity index is 2.43. The molecular weight excluding hydrogens is 286 g/mol. The molecule has 0 saturated carbocycles. The molecule has 0 aromatic carbocycles. The molecule has 1 aromatic rings. The highest BCUT2D eigenvalue weighted by Gasteiger charge is 2.44. The zero-order valence-electron chi connectivity index (χ0n) is 10.5. The van der Waals surface area contributed by atoms with E-state index in [4.69, 9.17) is 15.4 Å². The van der Waals surface area contributed by atoms with Crippen molar-refractivity contribution >= 4 is 5.69 Å². The minimum absolute atomic E-state index is 0.363. The SMILES string of the molecule is [N-]=[N+]=N[C@H]1[C@@H](O)[C@H](n2cc([N+](=O)[O-])ccc2=O)O[C@@H]1CO. The summed E-state index contributed by atoms with van der Waals surface area (Å²) in [7, 11) is 0. The Labute approximate surface area is 116 Å². The fourth-order valence-electron chi connectivity index (χ4n) is 2.11. The highest BCUT2D eigenvalue weighted by atomic mass is 16.6. The number of hydrogen-bond acceptors (Lipinski definition) is 7. The summed E-state index contributed by atoms with van der Waals surface area (Å²) in [5.74, 6) is 0. The van der Waals surface area contributed by atoms with Crippen molar-refractivity contribution in [1.82, 2.24) is 4.57 Å². The average molecular weight is 297 g/mol. The van der Waals surface area contributed by atoms with Crippen LogP contribution in [0.1, 0.15) is 6.23 Å². The van der Waals surface area contributed by atoms with Crippen molar-refractivity contribution in [2.45, 2.75) is 24.5 Å². The van der Waals surface area contributed by atoms with E-state index >= 15 is 0 Å². The van der Waals surface area contributed by atoms with Gasteiger partial charge in [-0.1, -0.05) is 5.11 Å². The van der Waals surface area contributed by atoms with E-state index in [0.29, 0.717) is 0 Å². The molecule has 2 rings (SSSR count). The monoisotopic (exact) mass is 297 g/mol. The van der Waals surface area contributed by atoms with Gasteiger partial charge in [-0.25, -0.2) is 0 Å². The number of nitrogens with zero attached hydrogens (tertiary/aromatic N) is 5. The molecule has 4 atom stereocenters. The molecule has 112 valence electrons. The number of aliphatic hydroxyl groups excluding tert-OH is 2. The molecular formula is C10H11N5O6. The third-order valence-electron chi connectivity index (χ3n) is 3.11. The average Bonchev–Trinajstić information content (AvgIpc) is 2.77. The lowest BCUT2D eigenvalue weighted by atomic mass is 10.1. The van der Waals surface area contributed by atoms with Gasteiger partial charge in [-0.05, 0) is 5.53 Å². The van der Waals surface area contributed by atoms with Gasteiger partial charge in [0.15, 0.2) is 6.23 Å². The summed E-state index contributed by atoms with van der Waals surface area (Å²) >= 11 is 0. The van der Waals surface area contributed by atoms with Gasteiger partial charge < -0.3 is 14.9 Å². The minimum Gasteiger partial charge on any atom is -0.394 e. The molecule has 0 amide bonds. The predicted molar refractivity (Wildman–Crippen MR) is 67.3 cm³/mol. The van der Waals surface area contributed by atoms with Crippen molar-refractivity contribution in [2.24, 2.45) is 5.11 Å². The molecule has 2 heterocycles. The topological polar surface area (TPSA) is 164 Å². The maximum absolute atomic E-state index is 11.8. The second-order valence-corrected chi connectivity index (χ2v) is 4.32. The van der Waals surface area contributed by atoms with Crippen LogP contribution in [0.4, 0.5) is 5.69 Å². The van der Waals surface area contributed by atoms with Crippen LogP contribution in [0.25, 0.3) is 10.4 Å². The van der Waals surface area contributed by atoms with Gasteiger partial charge in [-0.15, -0.1) is 0 Å². The summed E-state index contributed by atoms with van der Waals surface area (Å²) in [5, 5.41) is 33.2. The number of aromatic nitrogens is 1. The number of azide groups is 1. The number of rotatable bonds is 4. The molecule has 11 nitrogen and oxygen atoms in total. The van der Waals surface area contributed by atoms with Crippen LogP contribution in [0, 0.1) is 10.1 Å². The third kappa shape index (κ3) is 2.71. The van der Waals surface area contributed by atoms with E-state index in [1.807, 2.05) is 0 Å². The zero-order chi connectivity index (χ0) is 15.6. The Bertz CT molecular complexity index is 654. The summed E-state index contributed by atoms with van der Waals surface area (Å²) in [6.07, 6.45) is -2.79. The summed E-state index contributed by atoms with van der Waals surface area (Å²) < 4.78 is 6.10. The molecule has 11 heteroatoms. The first kappa shape index (κ1) is 14.9. The smallest absolute Gasteiger partial charge is 0.285 e. The van der Waals surface area contributed by atoms with Gasteiger partial charge in [0, 0.05) is 17.0 Å². The molecule has 0 unspecified atom stereocenters. The quantitative estimate of drug-likeness (QED) is 0.254. The van der Waals surface area contributed by atoms with E-state index in [1.54, 1.807) is 0 Å². The minimum atomic E-state index is -1.42. The van der Waals surface area contributed by atoms with Gasteiger partial charge >= 0.3 is 0 Å². The first-order valence-corrected chi connectivity index (χ1v) is 5.84. The summed E-state index contributed by atoms with van der Waals surface area (Å²) in [6.45, 7) is -0.541. The molecule has 1 saturated heterocycles. The van der Waals surface area contributed by atoms with Gasteiger partial charge in [0.25, 0.3) is 11.2 Å². The number of aliphatic hydroxyl groups is 2. The molecule has 0 spiro atoms. The van der Waals surface area contributed by atoms with Crippen LogP contribution in [0.15, 0.2) is 28.2 Å². The molecule has 0 bridgehead atoms. The number of ether oxygens (including phenoxy) is 1. The van der Waals surface area contributed by atoms with Crippen molar-refractivity contribution in [1.29, 1.82) is 0 Å². The van der Waals surface area contributed by atoms with Crippen LogP contribution in [-0.4, -0.2) is 44.6 Å². The molecule has 0 aliphatic carbocycles. The Morgan fingerprint density at radius 2 is 2.29 bits per heavy atom. The lowest BCUT2D eigenvalue weighted by Gasteiger charge is -2.17. The second-order valence-electron chi connectivity index (χ2n) is 4.32. The fraction of sp³-hybridized carbons (Fsp3) is 0.500. The maximum Gasteiger partial charge on any atom is 0.285 e. The van der Waals surface area contributed by atoms with Crippen LogP contribution in [-0.2, 0) is 4.74 Å². The van der Waals surface area contributed by atoms with E-state index in [1.165, 1.54) is 0 Å². The molecule has 1 aliphatic heterocycles. The summed E-state index contributed by atoms with van der Waals surface area (Å²) in [4.78, 5) is 24.3. The van der Waals surface area contributed by atoms with E-state index in [9.17, 15) is 20.0 Å². The van der Waals surface area contributed by atoms with E-state index in [2.05, 4.69) is 10.0 Å². The van der Waals surface area contributed by atoms with Gasteiger partial charge in [0.05, 0.1) is 29.9 Å². The highest BCUT2D eigenvalue weighted by molar-refractivity contribution is 5.25. The van der Waals surface area contributed by atoms with Crippen molar-refractivity contribution in [3.8, 4) is 0 Å². The van der Waals surface area contributed by atoms with Gasteiger partial charge in [-0.3, -0.25) is 19.5 Å². The molecule has 1 fully saturated rings. The van der Waals surface area contributed by atoms with Crippen molar-refractivity contribution in [3.63, 3.8) is 0 Å². The Morgan fingerprint density at radius 3 is 2.86 bits per heavy atom. The van der Waals surface area contributed by atoms with Gasteiger partial charge in [0.2, 0.25) is 0 Å². The van der Waals surface area contributed by atoms with Gasteiger partial charge in [-0.2, -0.15) is 0 Å². The lowest BCUT2D eigenvalue weighted by Crippen LogP contribution is -2.34. The molecule has 0 radical (unpaired) electrons. The van der Waals surface area contributed by atoms with E-state index in [-0.39, 0.29) is 5.69 Å². The zero-order valence-corrected chi connectivity index (χ0v) is 10.5. The highest BCUT2D eigenvalue weighted by Crippen LogP contribution is 2.31. The number of hydrogen-bond donors (Lipinski definition) is 2. The summed E-state index contributed by atoms with van der Waals surface area (Å²) in [6, 6.07) is 0.883. The normalized spacial score (nSPS) is 28.1. The first-order chi connectivity index (χ1) is 9.99. The third-order valence-corrected chi connectivity index (χ3v) is 3.11. The standard InChI is InChI=1S/C10H11N5O6/c11-13-12-8-6(4-16)21-10(9(8)18)14-3-5(15(19)20)1-2-7(14)17/h1-3,6,8-10,16,18H,4H2/t6-,8-,9-,10-/m1/s1. The van der Waals surface area contributed by atoms with E-state index in [0.717, 1.165) is 22.9 Å². The molecule has 1 aliphatic rings. The predicted octanol–water partition coefficient (Wildman–Crippen LogP) is -0.314.